The Bertz CT molecular complexity index is 413. The third kappa shape index (κ3) is 1.56. The molecule has 2 rings (SSSR count). The summed E-state index contributed by atoms with van der Waals surface area (Å²) in [5, 5.41) is 10.6. The van der Waals surface area contributed by atoms with Crippen molar-refractivity contribution in [3.8, 4) is 5.75 Å². The number of phenols is 1. The zero-order valence-electron chi connectivity index (χ0n) is 6.55. The van der Waals surface area contributed by atoms with Gasteiger partial charge in [-0.15, -0.1) is 22.9 Å². The number of phenolic OH excluding ortho intramolecular Hbond substituents is 1. The van der Waals surface area contributed by atoms with Gasteiger partial charge in [0.25, 0.3) is 0 Å². The highest BCUT2D eigenvalue weighted by Gasteiger charge is 2.07. The third-order valence-corrected chi connectivity index (χ3v) is 4.09. The molecule has 0 aliphatic carbocycles. The molecule has 0 aliphatic heterocycles. The number of halogens is 2. The van der Waals surface area contributed by atoms with Crippen LogP contribution in [0, 0.1) is 0 Å². The van der Waals surface area contributed by atoms with Gasteiger partial charge in [-0.05, 0) is 18.2 Å². The summed E-state index contributed by atoms with van der Waals surface area (Å²) in [6, 6.07) is 5.51. The molecule has 2 aromatic rings. The van der Waals surface area contributed by atoms with Crippen LogP contribution < -0.4 is 0 Å². The Kier molecular flexibility index (Phi) is 2.49. The first-order chi connectivity index (χ1) is 6.22. The summed E-state index contributed by atoms with van der Waals surface area (Å²) in [6.45, 7) is 0. The number of hydrogen-bond acceptors (Lipinski definition) is 2. The van der Waals surface area contributed by atoms with Gasteiger partial charge in [0, 0.05) is 14.7 Å². The summed E-state index contributed by atoms with van der Waals surface area (Å²) in [5.41, 5.74) is 0. The van der Waals surface area contributed by atoms with Crippen molar-refractivity contribution in [3.05, 3.63) is 27.5 Å². The highest BCUT2D eigenvalue weighted by atomic mass is 79.9. The summed E-state index contributed by atoms with van der Waals surface area (Å²) < 4.78 is 1.89. The Balaban J connectivity index is 2.80. The molecule has 4 heteroatoms. The van der Waals surface area contributed by atoms with Crippen LogP contribution in [0.1, 0.15) is 4.88 Å². The first-order valence-electron chi connectivity index (χ1n) is 3.68. The fourth-order valence-electron chi connectivity index (χ4n) is 1.19. The van der Waals surface area contributed by atoms with Crippen molar-refractivity contribution in [1.29, 1.82) is 0 Å². The molecule has 0 saturated carbocycles. The first-order valence-corrected chi connectivity index (χ1v) is 5.82. The van der Waals surface area contributed by atoms with Gasteiger partial charge in [0.05, 0.1) is 10.6 Å². The Labute approximate surface area is 93.1 Å². The maximum Gasteiger partial charge on any atom is 0.133 e. The van der Waals surface area contributed by atoms with Crippen LogP contribution in [0.3, 0.4) is 0 Å². The lowest BCUT2D eigenvalue weighted by Gasteiger charge is -1.95. The fourth-order valence-corrected chi connectivity index (χ4v) is 2.96. The first kappa shape index (κ1) is 9.31. The molecule has 1 heterocycles. The molecule has 1 aromatic carbocycles. The normalized spacial score (nSPS) is 10.9. The summed E-state index contributed by atoms with van der Waals surface area (Å²) in [5.74, 6) is 0.810. The molecule has 0 unspecified atom stereocenters. The van der Waals surface area contributed by atoms with E-state index < -0.39 is 0 Å². The summed E-state index contributed by atoms with van der Waals surface area (Å²) in [7, 11) is 0. The lowest BCUT2D eigenvalue weighted by molar-refractivity contribution is 0.482. The standard InChI is InChI=1S/C9H6BrClOS/c10-7-1-2-8(12)9-6(7)3-5(4-11)13-9/h1-3,12H,4H2. The third-order valence-electron chi connectivity index (χ3n) is 1.79. The van der Waals surface area contributed by atoms with E-state index in [1.807, 2.05) is 12.1 Å². The lowest BCUT2D eigenvalue weighted by Crippen LogP contribution is -1.67. The quantitative estimate of drug-likeness (QED) is 0.778. The van der Waals surface area contributed by atoms with E-state index in [1.165, 1.54) is 11.3 Å². The molecule has 0 fully saturated rings. The predicted octanol–water partition coefficient (Wildman–Crippen LogP) is 4.11. The fraction of sp³-hybridized carbons (Fsp3) is 0.111. The van der Waals surface area contributed by atoms with Gasteiger partial charge in [0.1, 0.15) is 5.75 Å². The minimum atomic E-state index is 0.319. The van der Waals surface area contributed by atoms with Gasteiger partial charge < -0.3 is 5.11 Å². The second-order valence-electron chi connectivity index (χ2n) is 2.66. The van der Waals surface area contributed by atoms with Crippen molar-refractivity contribution in [2.24, 2.45) is 0 Å². The van der Waals surface area contributed by atoms with Crippen LogP contribution in [0.15, 0.2) is 22.7 Å². The zero-order chi connectivity index (χ0) is 9.42. The van der Waals surface area contributed by atoms with Crippen molar-refractivity contribution >= 4 is 49.0 Å². The molecule has 0 atom stereocenters. The van der Waals surface area contributed by atoms with Gasteiger partial charge in [-0.25, -0.2) is 0 Å². The number of alkyl halides is 1. The topological polar surface area (TPSA) is 20.2 Å². The van der Waals surface area contributed by atoms with Crippen LogP contribution in [0.4, 0.5) is 0 Å². The van der Waals surface area contributed by atoms with Crippen molar-refractivity contribution < 1.29 is 5.11 Å². The van der Waals surface area contributed by atoms with Crippen LogP contribution in [-0.2, 0) is 5.88 Å². The van der Waals surface area contributed by atoms with Gasteiger partial charge in [0.15, 0.2) is 0 Å². The highest BCUT2D eigenvalue weighted by Crippen LogP contribution is 2.37. The number of rotatable bonds is 1. The Morgan fingerprint density at radius 1 is 1.46 bits per heavy atom. The molecular formula is C9H6BrClOS. The lowest BCUT2D eigenvalue weighted by atomic mass is 10.2. The number of thiophene rings is 1. The SMILES string of the molecule is Oc1ccc(Br)c2cc(CCl)sc12. The van der Waals surface area contributed by atoms with Crippen LogP contribution in [-0.4, -0.2) is 5.11 Å². The van der Waals surface area contributed by atoms with Crippen molar-refractivity contribution in [3.63, 3.8) is 0 Å². The molecule has 0 radical (unpaired) electrons. The van der Waals surface area contributed by atoms with Gasteiger partial charge in [-0.3, -0.25) is 0 Å². The van der Waals surface area contributed by atoms with Gasteiger partial charge in [-0.2, -0.15) is 0 Å². The molecule has 1 aromatic heterocycles. The van der Waals surface area contributed by atoms with E-state index in [0.29, 0.717) is 11.6 Å². The van der Waals surface area contributed by atoms with Crippen LogP contribution in [0.5, 0.6) is 5.75 Å². The molecule has 0 bridgehead atoms. The molecular weight excluding hydrogens is 272 g/mol. The second kappa shape index (κ2) is 3.48. The summed E-state index contributed by atoms with van der Waals surface area (Å²) >= 11 is 10.7. The summed E-state index contributed by atoms with van der Waals surface area (Å²) in [4.78, 5) is 1.07. The van der Waals surface area contributed by atoms with Crippen molar-refractivity contribution in [1.82, 2.24) is 0 Å². The number of aromatic hydroxyl groups is 1. The zero-order valence-corrected chi connectivity index (χ0v) is 9.71. The van der Waals surface area contributed by atoms with Crippen LogP contribution in [0.25, 0.3) is 10.1 Å². The van der Waals surface area contributed by atoms with E-state index in [9.17, 15) is 5.11 Å². The molecule has 0 aliphatic rings. The van der Waals surface area contributed by atoms with E-state index in [0.717, 1.165) is 19.4 Å². The van der Waals surface area contributed by atoms with E-state index in [1.54, 1.807) is 6.07 Å². The van der Waals surface area contributed by atoms with Crippen LogP contribution >= 0.6 is 38.9 Å². The summed E-state index contributed by atoms with van der Waals surface area (Å²) in [6.07, 6.45) is 0. The Hall–Kier alpha value is -0.250. The monoisotopic (exact) mass is 276 g/mol. The van der Waals surface area contributed by atoms with Gasteiger partial charge in [0.2, 0.25) is 0 Å². The molecule has 13 heavy (non-hydrogen) atoms. The molecule has 68 valence electrons. The minimum Gasteiger partial charge on any atom is -0.506 e. The Morgan fingerprint density at radius 3 is 2.85 bits per heavy atom. The molecule has 0 saturated heterocycles. The predicted molar refractivity (Wildman–Crippen MR) is 60.7 cm³/mol. The average molecular weight is 278 g/mol. The minimum absolute atomic E-state index is 0.319. The van der Waals surface area contributed by atoms with Crippen molar-refractivity contribution in [2.45, 2.75) is 5.88 Å². The van der Waals surface area contributed by atoms with Gasteiger partial charge in [-0.1, -0.05) is 15.9 Å². The highest BCUT2D eigenvalue weighted by molar-refractivity contribution is 9.10. The van der Waals surface area contributed by atoms with E-state index >= 15 is 0 Å². The van der Waals surface area contributed by atoms with E-state index in [-0.39, 0.29) is 0 Å². The van der Waals surface area contributed by atoms with Gasteiger partial charge >= 0.3 is 0 Å². The van der Waals surface area contributed by atoms with E-state index in [2.05, 4.69) is 15.9 Å². The van der Waals surface area contributed by atoms with E-state index in [4.69, 9.17) is 11.6 Å². The molecule has 0 amide bonds. The maximum atomic E-state index is 9.55. The number of benzene rings is 1. The van der Waals surface area contributed by atoms with Crippen LogP contribution in [0.2, 0.25) is 0 Å². The molecule has 1 N–H and O–H groups in total. The molecule has 0 spiro atoms. The average Bonchev–Trinajstić information content (AvgIpc) is 2.56. The Morgan fingerprint density at radius 2 is 2.23 bits per heavy atom. The smallest absolute Gasteiger partial charge is 0.133 e. The van der Waals surface area contributed by atoms with Crippen molar-refractivity contribution in [2.75, 3.05) is 0 Å². The largest absolute Gasteiger partial charge is 0.506 e. The number of fused-ring (bicyclic) bond motifs is 1. The molecule has 1 nitrogen and oxygen atoms in total. The second-order valence-corrected chi connectivity index (χ2v) is 4.91. The number of hydrogen-bond donors (Lipinski definition) is 1. The maximum absolute atomic E-state index is 9.55.